The van der Waals surface area contributed by atoms with E-state index in [1.165, 1.54) is 4.90 Å². The smallest absolute Gasteiger partial charge is 0.253 e. The summed E-state index contributed by atoms with van der Waals surface area (Å²) in [5, 5.41) is 17.9. The molecule has 5 heteroatoms. The summed E-state index contributed by atoms with van der Waals surface area (Å²) in [7, 11) is 0. The first-order chi connectivity index (χ1) is 9.13. The Bertz CT molecular complexity index is 505. The lowest BCUT2D eigenvalue weighted by Gasteiger charge is -2.19. The number of hydrogen-bond donors (Lipinski definition) is 2. The van der Waals surface area contributed by atoms with Gasteiger partial charge in [0.2, 0.25) is 0 Å². The van der Waals surface area contributed by atoms with Crippen LogP contribution in [0, 0.1) is 11.8 Å². The normalized spacial score (nSPS) is 9.68. The van der Waals surface area contributed by atoms with Crippen molar-refractivity contribution in [2.45, 2.75) is 6.92 Å². The van der Waals surface area contributed by atoms with Crippen LogP contribution in [0.15, 0.2) is 18.2 Å². The Balaban J connectivity index is 2.96. The minimum Gasteiger partial charge on any atom is -0.395 e. The molecule has 0 spiro atoms. The summed E-state index contributed by atoms with van der Waals surface area (Å²) in [4.78, 5) is 13.7. The predicted molar refractivity (Wildman–Crippen MR) is 74.1 cm³/mol. The van der Waals surface area contributed by atoms with E-state index in [0.29, 0.717) is 29.2 Å². The van der Waals surface area contributed by atoms with Crippen LogP contribution in [0.1, 0.15) is 22.8 Å². The number of likely N-dealkylation sites (N-methyl/N-ethyl adjacent to an activating group) is 1. The molecule has 0 aliphatic rings. The molecule has 0 heterocycles. The molecule has 102 valence electrons. The molecular weight excluding hydrogens is 266 g/mol. The third-order valence-electron chi connectivity index (χ3n) is 2.56. The Labute approximate surface area is 117 Å². The number of benzene rings is 1. The summed E-state index contributed by atoms with van der Waals surface area (Å²) in [6, 6.07) is 4.83. The minimum absolute atomic E-state index is 0.0760. The van der Waals surface area contributed by atoms with Gasteiger partial charge in [-0.05, 0) is 25.1 Å². The number of halogens is 1. The van der Waals surface area contributed by atoms with Crippen molar-refractivity contribution in [3.8, 4) is 11.8 Å². The van der Waals surface area contributed by atoms with Crippen LogP contribution in [0.4, 0.5) is 0 Å². The largest absolute Gasteiger partial charge is 0.395 e. The van der Waals surface area contributed by atoms with Gasteiger partial charge in [0.1, 0.15) is 6.61 Å². The molecule has 0 atom stereocenters. The molecular formula is C14H16ClNO3. The number of carbonyl (C=O) groups excluding carboxylic acids is 1. The van der Waals surface area contributed by atoms with Crippen molar-refractivity contribution in [1.82, 2.24) is 4.90 Å². The summed E-state index contributed by atoms with van der Waals surface area (Å²) in [6.07, 6.45) is 0. The summed E-state index contributed by atoms with van der Waals surface area (Å²) in [5.41, 5.74) is 1.02. The van der Waals surface area contributed by atoms with Crippen molar-refractivity contribution >= 4 is 17.5 Å². The first-order valence-corrected chi connectivity index (χ1v) is 6.31. The van der Waals surface area contributed by atoms with Gasteiger partial charge >= 0.3 is 0 Å². The first kappa shape index (κ1) is 15.5. The average Bonchev–Trinajstić information content (AvgIpc) is 2.42. The number of amides is 1. The summed E-state index contributed by atoms with van der Waals surface area (Å²) in [6.45, 7) is 2.34. The molecule has 0 aromatic heterocycles. The van der Waals surface area contributed by atoms with Crippen LogP contribution < -0.4 is 0 Å². The quantitative estimate of drug-likeness (QED) is 0.814. The minimum atomic E-state index is -0.239. The maximum atomic E-state index is 12.1. The van der Waals surface area contributed by atoms with Crippen LogP contribution >= 0.6 is 11.6 Å². The van der Waals surface area contributed by atoms with Crippen LogP contribution in [0.2, 0.25) is 5.02 Å². The molecule has 0 aliphatic heterocycles. The van der Waals surface area contributed by atoms with Crippen LogP contribution in [0.5, 0.6) is 0 Å². The highest BCUT2D eigenvalue weighted by Crippen LogP contribution is 2.18. The van der Waals surface area contributed by atoms with Gasteiger partial charge in [0, 0.05) is 24.2 Å². The van der Waals surface area contributed by atoms with Crippen molar-refractivity contribution in [2.24, 2.45) is 0 Å². The average molecular weight is 282 g/mol. The second-order valence-electron chi connectivity index (χ2n) is 3.76. The van der Waals surface area contributed by atoms with Gasteiger partial charge in [-0.3, -0.25) is 4.79 Å². The molecule has 19 heavy (non-hydrogen) atoms. The molecule has 1 aromatic rings. The maximum Gasteiger partial charge on any atom is 0.253 e. The molecule has 1 rings (SSSR count). The van der Waals surface area contributed by atoms with Crippen LogP contribution in [0.3, 0.4) is 0 Å². The standard InChI is InChI=1S/C14H16ClNO3/c1-2-16(7-9-18)14(19)12-6-5-11(4-3-8-17)13(15)10-12/h5-6,10,17-18H,2,7-9H2,1H3. The van der Waals surface area contributed by atoms with E-state index in [9.17, 15) is 4.79 Å². The molecule has 0 saturated carbocycles. The number of nitrogens with zero attached hydrogens (tertiary/aromatic N) is 1. The Kier molecular flexibility index (Phi) is 6.37. The van der Waals surface area contributed by atoms with E-state index in [1.54, 1.807) is 18.2 Å². The molecule has 0 fully saturated rings. The first-order valence-electron chi connectivity index (χ1n) is 5.93. The van der Waals surface area contributed by atoms with Crippen LogP contribution in [-0.2, 0) is 0 Å². The van der Waals surface area contributed by atoms with E-state index < -0.39 is 0 Å². The summed E-state index contributed by atoms with van der Waals surface area (Å²) in [5.74, 6) is 5.02. The van der Waals surface area contributed by atoms with Gasteiger partial charge in [-0.1, -0.05) is 23.4 Å². The second kappa shape index (κ2) is 7.80. The van der Waals surface area contributed by atoms with Crippen molar-refractivity contribution in [2.75, 3.05) is 26.3 Å². The molecule has 1 amide bonds. The number of carbonyl (C=O) groups is 1. The molecule has 2 N–H and O–H groups in total. The number of aliphatic hydroxyl groups is 2. The van der Waals surface area contributed by atoms with Gasteiger partial charge in [0.05, 0.1) is 11.6 Å². The summed E-state index contributed by atoms with van der Waals surface area (Å²) >= 11 is 6.03. The fraction of sp³-hybridized carbons (Fsp3) is 0.357. The van der Waals surface area contributed by atoms with Gasteiger partial charge in [0.25, 0.3) is 5.91 Å². The maximum absolute atomic E-state index is 12.1. The number of aliphatic hydroxyl groups excluding tert-OH is 2. The number of rotatable bonds is 4. The highest BCUT2D eigenvalue weighted by atomic mass is 35.5. The van der Waals surface area contributed by atoms with Crippen molar-refractivity contribution < 1.29 is 15.0 Å². The van der Waals surface area contributed by atoms with E-state index in [0.717, 1.165) is 0 Å². The van der Waals surface area contributed by atoms with Crippen molar-refractivity contribution in [1.29, 1.82) is 0 Å². The third kappa shape index (κ3) is 4.25. The SMILES string of the molecule is CCN(CCO)C(=O)c1ccc(C#CCO)c(Cl)c1. The van der Waals surface area contributed by atoms with Gasteiger partial charge in [-0.25, -0.2) is 0 Å². The zero-order valence-corrected chi connectivity index (χ0v) is 11.4. The Morgan fingerprint density at radius 1 is 1.42 bits per heavy atom. The van der Waals surface area contributed by atoms with Crippen molar-refractivity contribution in [3.05, 3.63) is 34.3 Å². The number of hydrogen-bond acceptors (Lipinski definition) is 3. The lowest BCUT2D eigenvalue weighted by Crippen LogP contribution is -2.33. The lowest BCUT2D eigenvalue weighted by atomic mass is 10.1. The molecule has 0 unspecified atom stereocenters. The van der Waals surface area contributed by atoms with Crippen molar-refractivity contribution in [3.63, 3.8) is 0 Å². The fourth-order valence-electron chi connectivity index (χ4n) is 1.59. The highest BCUT2D eigenvalue weighted by Gasteiger charge is 2.14. The van der Waals surface area contributed by atoms with E-state index in [4.69, 9.17) is 21.8 Å². The molecule has 0 saturated heterocycles. The predicted octanol–water partition coefficient (Wildman–Crippen LogP) is 1.14. The Morgan fingerprint density at radius 2 is 2.16 bits per heavy atom. The van der Waals surface area contributed by atoms with Gasteiger partial charge in [0.15, 0.2) is 0 Å². The van der Waals surface area contributed by atoms with E-state index in [1.807, 2.05) is 6.92 Å². The highest BCUT2D eigenvalue weighted by molar-refractivity contribution is 6.32. The van der Waals surface area contributed by atoms with Gasteiger partial charge in [-0.2, -0.15) is 0 Å². The zero-order valence-electron chi connectivity index (χ0n) is 10.7. The Hall–Kier alpha value is -1.54. The molecule has 4 nitrogen and oxygen atoms in total. The van der Waals surface area contributed by atoms with Gasteiger partial charge < -0.3 is 15.1 Å². The lowest BCUT2D eigenvalue weighted by molar-refractivity contribution is 0.0732. The molecule has 1 aromatic carbocycles. The van der Waals surface area contributed by atoms with Gasteiger partial charge in [-0.15, -0.1) is 0 Å². The van der Waals surface area contributed by atoms with E-state index >= 15 is 0 Å². The third-order valence-corrected chi connectivity index (χ3v) is 2.87. The van der Waals surface area contributed by atoms with Crippen LogP contribution in [-0.4, -0.2) is 47.3 Å². The second-order valence-corrected chi connectivity index (χ2v) is 4.17. The Morgan fingerprint density at radius 3 is 2.68 bits per heavy atom. The fourth-order valence-corrected chi connectivity index (χ4v) is 1.82. The molecule has 0 radical (unpaired) electrons. The molecule has 0 aliphatic carbocycles. The topological polar surface area (TPSA) is 60.8 Å². The van der Waals surface area contributed by atoms with E-state index in [2.05, 4.69) is 11.8 Å². The van der Waals surface area contributed by atoms with Crippen LogP contribution in [0.25, 0.3) is 0 Å². The molecule has 0 bridgehead atoms. The van der Waals surface area contributed by atoms with E-state index in [-0.39, 0.29) is 19.1 Å². The summed E-state index contributed by atoms with van der Waals surface area (Å²) < 4.78 is 0. The monoisotopic (exact) mass is 281 g/mol. The zero-order chi connectivity index (χ0) is 14.3.